The number of pyridine rings is 1. The average Bonchev–Trinajstić information content (AvgIpc) is 3.32. The van der Waals surface area contributed by atoms with Gasteiger partial charge in [-0.05, 0) is 24.3 Å². The Bertz CT molecular complexity index is 1120. The summed E-state index contributed by atoms with van der Waals surface area (Å²) in [5.41, 5.74) is 1.39. The summed E-state index contributed by atoms with van der Waals surface area (Å²) in [5.74, 6) is 1.22. The lowest BCUT2D eigenvalue weighted by Gasteiger charge is -2.07. The fourth-order valence-electron chi connectivity index (χ4n) is 2.54. The molecular weight excluding hydrogens is 409 g/mol. The molecule has 0 aliphatic carbocycles. The van der Waals surface area contributed by atoms with Crippen LogP contribution >= 0.6 is 23.1 Å². The summed E-state index contributed by atoms with van der Waals surface area (Å²) in [6.07, 6.45) is -3.40. The minimum atomic E-state index is -4.42. The third-order valence-corrected chi connectivity index (χ3v) is 5.83. The van der Waals surface area contributed by atoms with Crippen LogP contribution in [-0.4, -0.2) is 26.7 Å². The van der Waals surface area contributed by atoms with E-state index in [1.807, 2.05) is 29.6 Å². The molecule has 0 atom stereocenters. The quantitative estimate of drug-likeness (QED) is 0.415. The molecule has 1 aromatic carbocycles. The summed E-state index contributed by atoms with van der Waals surface area (Å²) in [6.45, 7) is 0. The first-order chi connectivity index (χ1) is 13.4. The number of methoxy groups -OCH3 is 1. The molecule has 5 nitrogen and oxygen atoms in total. The fraction of sp³-hybridized carbons (Fsp3) is 0.167. The molecule has 0 saturated heterocycles. The van der Waals surface area contributed by atoms with Crippen LogP contribution < -0.4 is 4.74 Å². The largest absolute Gasteiger partial charge is 0.497 e. The molecule has 0 fully saturated rings. The van der Waals surface area contributed by atoms with Crippen molar-refractivity contribution in [2.75, 3.05) is 7.11 Å². The maximum Gasteiger partial charge on any atom is 0.417 e. The molecule has 0 bridgehead atoms. The Hall–Kier alpha value is -2.59. The molecule has 3 heterocycles. The van der Waals surface area contributed by atoms with Crippen molar-refractivity contribution in [3.05, 3.63) is 59.2 Å². The molecule has 0 unspecified atom stereocenters. The monoisotopic (exact) mass is 422 g/mol. The van der Waals surface area contributed by atoms with Gasteiger partial charge in [0.05, 0.1) is 18.4 Å². The molecule has 0 amide bonds. The molecule has 0 aliphatic heterocycles. The van der Waals surface area contributed by atoms with E-state index in [4.69, 9.17) is 4.74 Å². The third kappa shape index (κ3) is 3.83. The number of hydrogen-bond donors (Lipinski definition) is 0. The number of thioether (sulfide) groups is 1. The van der Waals surface area contributed by atoms with E-state index in [0.717, 1.165) is 34.3 Å². The van der Waals surface area contributed by atoms with Crippen molar-refractivity contribution >= 4 is 28.7 Å². The molecule has 0 N–H and O–H groups in total. The van der Waals surface area contributed by atoms with E-state index in [1.165, 1.54) is 33.6 Å². The van der Waals surface area contributed by atoms with Crippen molar-refractivity contribution in [3.8, 4) is 16.3 Å². The van der Waals surface area contributed by atoms with E-state index in [-0.39, 0.29) is 0 Å². The van der Waals surface area contributed by atoms with Gasteiger partial charge >= 0.3 is 6.18 Å². The van der Waals surface area contributed by atoms with E-state index in [2.05, 4.69) is 15.2 Å². The topological polar surface area (TPSA) is 52.3 Å². The predicted octanol–water partition coefficient (Wildman–Crippen LogP) is 5.17. The minimum absolute atomic E-state index is 0.367. The molecule has 4 aromatic rings. The maximum atomic E-state index is 12.9. The van der Waals surface area contributed by atoms with Crippen LogP contribution in [0.25, 0.3) is 16.2 Å². The lowest BCUT2D eigenvalue weighted by molar-refractivity contribution is -0.137. The molecular formula is C18H13F3N4OS2. The molecule has 3 aromatic heterocycles. The number of nitrogens with zero attached hydrogens (tertiary/aromatic N) is 4. The number of aromatic nitrogens is 4. The van der Waals surface area contributed by atoms with Crippen molar-refractivity contribution in [3.63, 3.8) is 0 Å². The number of thiazole rings is 1. The van der Waals surface area contributed by atoms with Crippen LogP contribution in [0.4, 0.5) is 13.2 Å². The Kier molecular flexibility index (Phi) is 4.98. The second-order valence-corrected chi connectivity index (χ2v) is 7.59. The van der Waals surface area contributed by atoms with Crippen molar-refractivity contribution in [2.24, 2.45) is 0 Å². The molecule has 10 heteroatoms. The summed E-state index contributed by atoms with van der Waals surface area (Å²) in [5, 5.41) is 11.1. The third-order valence-electron chi connectivity index (χ3n) is 3.92. The van der Waals surface area contributed by atoms with Gasteiger partial charge in [-0.3, -0.25) is 4.40 Å². The lowest BCUT2D eigenvalue weighted by Crippen LogP contribution is -2.06. The number of rotatable bonds is 5. The van der Waals surface area contributed by atoms with E-state index < -0.39 is 11.7 Å². The van der Waals surface area contributed by atoms with Crippen molar-refractivity contribution in [2.45, 2.75) is 17.1 Å². The van der Waals surface area contributed by atoms with Crippen LogP contribution in [0.15, 0.2) is 53.1 Å². The first-order valence-electron chi connectivity index (χ1n) is 8.07. The van der Waals surface area contributed by atoms with Gasteiger partial charge in [-0.25, -0.2) is 4.98 Å². The highest BCUT2D eigenvalue weighted by Gasteiger charge is 2.31. The summed E-state index contributed by atoms with van der Waals surface area (Å²) in [6, 6.07) is 9.91. The molecule has 0 spiro atoms. The number of benzene rings is 1. The summed E-state index contributed by atoms with van der Waals surface area (Å²) >= 11 is 2.78. The maximum absolute atomic E-state index is 12.9. The van der Waals surface area contributed by atoms with Gasteiger partial charge in [0.25, 0.3) is 0 Å². The lowest BCUT2D eigenvalue weighted by atomic mass is 10.2. The summed E-state index contributed by atoms with van der Waals surface area (Å²) < 4.78 is 45.4. The molecule has 28 heavy (non-hydrogen) atoms. The van der Waals surface area contributed by atoms with Crippen LogP contribution in [0.3, 0.4) is 0 Å². The zero-order valence-corrected chi connectivity index (χ0v) is 16.1. The van der Waals surface area contributed by atoms with Crippen LogP contribution in [-0.2, 0) is 11.9 Å². The van der Waals surface area contributed by atoms with Gasteiger partial charge in [-0.2, -0.15) is 13.2 Å². The standard InChI is InChI=1S/C18H13F3N4OS2/c1-26-14-4-2-3-11(7-14)16-22-13(9-27-16)10-28-17-24-23-15-6-5-12(8-25(15)17)18(19,20)21/h2-9H,10H2,1H3. The summed E-state index contributed by atoms with van der Waals surface area (Å²) in [7, 11) is 1.61. The van der Waals surface area contributed by atoms with Crippen LogP contribution in [0.2, 0.25) is 0 Å². The SMILES string of the molecule is COc1cccc(-c2nc(CSc3nnc4ccc(C(F)(F)F)cn34)cs2)c1. The van der Waals surface area contributed by atoms with E-state index in [1.54, 1.807) is 7.11 Å². The number of alkyl halides is 3. The second kappa shape index (κ2) is 7.44. The Morgan fingerprint density at radius 2 is 2.04 bits per heavy atom. The van der Waals surface area contributed by atoms with Gasteiger partial charge in [0, 0.05) is 22.9 Å². The zero-order valence-electron chi connectivity index (χ0n) is 14.5. The van der Waals surface area contributed by atoms with Gasteiger partial charge in [-0.15, -0.1) is 21.5 Å². The highest BCUT2D eigenvalue weighted by Crippen LogP contribution is 2.32. The van der Waals surface area contributed by atoms with Gasteiger partial charge in [0.15, 0.2) is 10.8 Å². The van der Waals surface area contributed by atoms with Gasteiger partial charge in [0.2, 0.25) is 0 Å². The Balaban J connectivity index is 1.53. The van der Waals surface area contributed by atoms with Crippen molar-refractivity contribution in [1.82, 2.24) is 19.6 Å². The van der Waals surface area contributed by atoms with Crippen molar-refractivity contribution in [1.29, 1.82) is 0 Å². The zero-order chi connectivity index (χ0) is 19.7. The molecule has 144 valence electrons. The molecule has 0 aliphatic rings. The van der Waals surface area contributed by atoms with E-state index >= 15 is 0 Å². The van der Waals surface area contributed by atoms with Gasteiger partial charge in [0.1, 0.15) is 10.8 Å². The first-order valence-corrected chi connectivity index (χ1v) is 9.94. The fourth-order valence-corrected chi connectivity index (χ4v) is 4.27. The van der Waals surface area contributed by atoms with E-state index in [0.29, 0.717) is 16.6 Å². The number of fused-ring (bicyclic) bond motifs is 1. The molecule has 4 rings (SSSR count). The molecule has 0 radical (unpaired) electrons. The first kappa shape index (κ1) is 18.8. The number of halogens is 3. The minimum Gasteiger partial charge on any atom is -0.497 e. The van der Waals surface area contributed by atoms with Gasteiger partial charge in [-0.1, -0.05) is 23.9 Å². The van der Waals surface area contributed by atoms with E-state index in [9.17, 15) is 13.2 Å². The molecule has 0 saturated carbocycles. The highest BCUT2D eigenvalue weighted by molar-refractivity contribution is 7.98. The smallest absolute Gasteiger partial charge is 0.417 e. The van der Waals surface area contributed by atoms with Crippen LogP contribution in [0, 0.1) is 0 Å². The Labute approximate surface area is 166 Å². The number of ether oxygens (including phenoxy) is 1. The Morgan fingerprint density at radius 3 is 2.82 bits per heavy atom. The normalized spacial score (nSPS) is 11.9. The van der Waals surface area contributed by atoms with Gasteiger partial charge < -0.3 is 4.74 Å². The predicted molar refractivity (Wildman–Crippen MR) is 102 cm³/mol. The second-order valence-electron chi connectivity index (χ2n) is 5.79. The van der Waals surface area contributed by atoms with Crippen LogP contribution in [0.1, 0.15) is 11.3 Å². The Morgan fingerprint density at radius 1 is 1.18 bits per heavy atom. The van der Waals surface area contributed by atoms with Crippen molar-refractivity contribution < 1.29 is 17.9 Å². The average molecular weight is 422 g/mol. The summed E-state index contributed by atoms with van der Waals surface area (Å²) in [4.78, 5) is 4.60. The highest BCUT2D eigenvalue weighted by atomic mass is 32.2. The van der Waals surface area contributed by atoms with Crippen LogP contribution in [0.5, 0.6) is 5.75 Å². The number of hydrogen-bond acceptors (Lipinski definition) is 6.